The third kappa shape index (κ3) is 3.92. The number of hydrogen-bond acceptors (Lipinski definition) is 6. The van der Waals surface area contributed by atoms with Gasteiger partial charge in [-0.05, 0) is 55.0 Å². The van der Waals surface area contributed by atoms with Crippen molar-refractivity contribution >= 4 is 11.6 Å². The smallest absolute Gasteiger partial charge is 0.231 e. The number of ether oxygens (including phenoxy) is 4. The molecule has 4 atom stereocenters. The zero-order valence-electron chi connectivity index (χ0n) is 16.9. The first-order valence-electron chi connectivity index (χ1n) is 10.4. The van der Waals surface area contributed by atoms with Crippen molar-refractivity contribution in [2.45, 2.75) is 31.6 Å². The van der Waals surface area contributed by atoms with Gasteiger partial charge in [-0.25, -0.2) is 0 Å². The maximum Gasteiger partial charge on any atom is 0.231 e. The van der Waals surface area contributed by atoms with Crippen LogP contribution in [-0.2, 0) is 6.54 Å². The minimum atomic E-state index is -0.475. The highest BCUT2D eigenvalue weighted by Gasteiger charge is 2.42. The monoisotopic (exact) mass is 431 g/mol. The lowest BCUT2D eigenvalue weighted by Crippen LogP contribution is -2.42. The van der Waals surface area contributed by atoms with E-state index in [2.05, 4.69) is 4.90 Å². The van der Waals surface area contributed by atoms with Crippen LogP contribution in [0.15, 0.2) is 36.4 Å². The summed E-state index contributed by atoms with van der Waals surface area (Å²) in [7, 11) is 1.69. The maximum absolute atomic E-state index is 10.7. The number of methoxy groups -OCH3 is 1. The summed E-state index contributed by atoms with van der Waals surface area (Å²) in [6.07, 6.45) is 0.900. The summed E-state index contributed by atoms with van der Waals surface area (Å²) in [4.78, 5) is 2.43. The molecule has 1 saturated carbocycles. The van der Waals surface area contributed by atoms with Crippen LogP contribution in [0.3, 0.4) is 0 Å². The number of nitrogens with zero attached hydrogens (tertiary/aromatic N) is 1. The SMILES string of the molecule is COc1ccc(Cl)cc1CN1C[C@H]2C[C@@H](Oc3ccc4c(c3)OCO4)[C@H](O)C[C@H]2C1. The fraction of sp³-hybridized carbons (Fsp3) is 0.478. The largest absolute Gasteiger partial charge is 0.496 e. The average molecular weight is 432 g/mol. The van der Waals surface area contributed by atoms with E-state index in [1.165, 1.54) is 0 Å². The highest BCUT2D eigenvalue weighted by Crippen LogP contribution is 2.41. The van der Waals surface area contributed by atoms with Crippen molar-refractivity contribution in [3.8, 4) is 23.0 Å². The summed E-state index contributed by atoms with van der Waals surface area (Å²) >= 11 is 6.19. The summed E-state index contributed by atoms with van der Waals surface area (Å²) in [6.45, 7) is 2.98. The van der Waals surface area contributed by atoms with Crippen LogP contribution in [0.25, 0.3) is 0 Å². The molecule has 7 heteroatoms. The number of likely N-dealkylation sites (tertiary alicyclic amines) is 1. The molecule has 1 N–H and O–H groups in total. The van der Waals surface area contributed by atoms with Gasteiger partial charge >= 0.3 is 0 Å². The lowest BCUT2D eigenvalue weighted by Gasteiger charge is -2.35. The molecule has 2 aromatic rings. The van der Waals surface area contributed by atoms with Crippen molar-refractivity contribution in [3.63, 3.8) is 0 Å². The van der Waals surface area contributed by atoms with Crippen molar-refractivity contribution in [2.75, 3.05) is 27.0 Å². The zero-order valence-corrected chi connectivity index (χ0v) is 17.7. The third-order valence-corrected chi connectivity index (χ3v) is 6.66. The number of aliphatic hydroxyl groups is 1. The van der Waals surface area contributed by atoms with Crippen molar-refractivity contribution in [1.82, 2.24) is 4.90 Å². The topological polar surface area (TPSA) is 60.4 Å². The first-order valence-corrected chi connectivity index (χ1v) is 10.8. The molecule has 0 radical (unpaired) electrons. The van der Waals surface area contributed by atoms with Gasteiger partial charge in [-0.1, -0.05) is 11.6 Å². The Morgan fingerprint density at radius 2 is 1.87 bits per heavy atom. The Hall–Kier alpha value is -2.15. The number of hydrogen-bond donors (Lipinski definition) is 1. The number of aliphatic hydroxyl groups excluding tert-OH is 1. The quantitative estimate of drug-likeness (QED) is 0.778. The Morgan fingerprint density at radius 1 is 1.07 bits per heavy atom. The first kappa shape index (κ1) is 19.8. The highest BCUT2D eigenvalue weighted by atomic mass is 35.5. The van der Waals surface area contributed by atoms with Crippen LogP contribution in [0.5, 0.6) is 23.0 Å². The second-order valence-corrected chi connectivity index (χ2v) is 8.82. The standard InChI is InChI=1S/C23H26ClNO5/c1-27-20-4-2-17(24)6-16(20)12-25-10-14-7-19(26)22(8-15(14)11-25)30-18-3-5-21-23(9-18)29-13-28-21/h2-6,9,14-15,19,22,26H,7-8,10-13H2,1H3/t14-,15+,19+,22+/m0/s1. The molecule has 5 rings (SSSR count). The number of rotatable bonds is 5. The van der Waals surface area contributed by atoms with E-state index in [0.717, 1.165) is 54.6 Å². The zero-order chi connectivity index (χ0) is 20.7. The molecule has 30 heavy (non-hydrogen) atoms. The summed E-state index contributed by atoms with van der Waals surface area (Å²) in [5.41, 5.74) is 1.09. The first-order chi connectivity index (χ1) is 14.6. The fourth-order valence-electron chi connectivity index (χ4n) is 4.98. The van der Waals surface area contributed by atoms with Gasteiger partial charge in [0.05, 0.1) is 13.2 Å². The van der Waals surface area contributed by atoms with Gasteiger partial charge in [0, 0.05) is 36.3 Å². The predicted molar refractivity (Wildman–Crippen MR) is 112 cm³/mol. The minimum Gasteiger partial charge on any atom is -0.496 e. The van der Waals surface area contributed by atoms with Gasteiger partial charge < -0.3 is 24.1 Å². The van der Waals surface area contributed by atoms with Gasteiger partial charge in [-0.15, -0.1) is 0 Å². The van der Waals surface area contributed by atoms with Crippen LogP contribution in [0.4, 0.5) is 0 Å². The van der Waals surface area contributed by atoms with Crippen molar-refractivity contribution < 1.29 is 24.1 Å². The molecular weight excluding hydrogens is 406 g/mol. The van der Waals surface area contributed by atoms with Gasteiger partial charge in [-0.3, -0.25) is 4.90 Å². The summed E-state index contributed by atoms with van der Waals surface area (Å²) < 4.78 is 22.4. The van der Waals surface area contributed by atoms with Crippen molar-refractivity contribution in [2.24, 2.45) is 11.8 Å². The minimum absolute atomic E-state index is 0.215. The molecule has 0 bridgehead atoms. The molecule has 1 aliphatic carbocycles. The van der Waals surface area contributed by atoms with Crippen LogP contribution in [0.1, 0.15) is 18.4 Å². The molecule has 0 amide bonds. The molecule has 2 heterocycles. The molecular formula is C23H26ClNO5. The Kier molecular flexibility index (Phi) is 5.39. The van der Waals surface area contributed by atoms with Gasteiger partial charge in [0.15, 0.2) is 11.5 Å². The molecule has 6 nitrogen and oxygen atoms in total. The van der Waals surface area contributed by atoms with E-state index >= 15 is 0 Å². The highest BCUT2D eigenvalue weighted by molar-refractivity contribution is 6.30. The molecule has 0 unspecified atom stereocenters. The molecule has 0 spiro atoms. The predicted octanol–water partition coefficient (Wildman–Crippen LogP) is 3.73. The number of fused-ring (bicyclic) bond motifs is 2. The molecule has 2 aromatic carbocycles. The summed E-state index contributed by atoms with van der Waals surface area (Å²) in [5.74, 6) is 3.96. The van der Waals surface area contributed by atoms with Gasteiger partial charge in [0.1, 0.15) is 17.6 Å². The van der Waals surface area contributed by atoms with E-state index in [9.17, 15) is 5.11 Å². The van der Waals surface area contributed by atoms with Crippen molar-refractivity contribution in [1.29, 1.82) is 0 Å². The van der Waals surface area contributed by atoms with Gasteiger partial charge in [0.2, 0.25) is 6.79 Å². The molecule has 3 aliphatic rings. The fourth-order valence-corrected chi connectivity index (χ4v) is 5.17. The van der Waals surface area contributed by atoms with Crippen LogP contribution in [0.2, 0.25) is 5.02 Å². The van der Waals surface area contributed by atoms with Gasteiger partial charge in [-0.2, -0.15) is 0 Å². The number of halogens is 1. The van der Waals surface area contributed by atoms with E-state index < -0.39 is 6.10 Å². The van der Waals surface area contributed by atoms with Crippen LogP contribution in [-0.4, -0.2) is 49.2 Å². The Balaban J connectivity index is 1.24. The van der Waals surface area contributed by atoms with E-state index in [-0.39, 0.29) is 12.9 Å². The number of benzene rings is 2. The Morgan fingerprint density at radius 3 is 2.70 bits per heavy atom. The van der Waals surface area contributed by atoms with Crippen molar-refractivity contribution in [3.05, 3.63) is 47.0 Å². The lowest BCUT2D eigenvalue weighted by atomic mass is 9.78. The lowest BCUT2D eigenvalue weighted by molar-refractivity contribution is -0.0232. The molecule has 1 saturated heterocycles. The summed E-state index contributed by atoms with van der Waals surface area (Å²) in [5, 5.41) is 11.4. The average Bonchev–Trinajstić information content (AvgIpc) is 3.34. The molecule has 160 valence electrons. The molecule has 2 fully saturated rings. The Bertz CT molecular complexity index is 922. The maximum atomic E-state index is 10.7. The van der Waals surface area contributed by atoms with E-state index in [1.54, 1.807) is 7.11 Å². The van der Waals surface area contributed by atoms with E-state index in [1.807, 2.05) is 36.4 Å². The Labute approximate surface area is 181 Å². The van der Waals surface area contributed by atoms with Crippen LogP contribution >= 0.6 is 11.6 Å². The second kappa shape index (κ2) is 8.17. The third-order valence-electron chi connectivity index (χ3n) is 6.43. The molecule has 0 aromatic heterocycles. The van der Waals surface area contributed by atoms with Gasteiger partial charge in [0.25, 0.3) is 0 Å². The van der Waals surface area contributed by atoms with Crippen LogP contribution in [0, 0.1) is 11.8 Å². The van der Waals surface area contributed by atoms with Crippen LogP contribution < -0.4 is 18.9 Å². The summed E-state index contributed by atoms with van der Waals surface area (Å²) in [6, 6.07) is 11.3. The normalized spacial score (nSPS) is 27.7. The second-order valence-electron chi connectivity index (χ2n) is 8.38. The van der Waals surface area contributed by atoms with E-state index in [0.29, 0.717) is 23.3 Å². The molecule has 2 aliphatic heterocycles. The van der Waals surface area contributed by atoms with E-state index in [4.69, 9.17) is 30.5 Å².